The van der Waals surface area contributed by atoms with Gasteiger partial charge in [0.15, 0.2) is 4.96 Å². The molecule has 2 amide bonds. The molecule has 0 spiro atoms. The van der Waals surface area contributed by atoms with Crippen LogP contribution < -0.4 is 5.32 Å². The van der Waals surface area contributed by atoms with Gasteiger partial charge in [0.05, 0.1) is 22.1 Å². The number of fused-ring (bicyclic) bond motifs is 2. The fraction of sp³-hybridized carbons (Fsp3) is 0.385. The number of hydrogen-bond acceptors (Lipinski definition) is 6. The van der Waals surface area contributed by atoms with E-state index in [1.807, 2.05) is 42.2 Å². The molecule has 3 atom stereocenters. The van der Waals surface area contributed by atoms with Crippen LogP contribution in [0, 0.1) is 39.5 Å². The largest absolute Gasteiger partial charge is 0.349 e. The van der Waals surface area contributed by atoms with Crippen molar-refractivity contribution < 1.29 is 9.59 Å². The molecule has 180 valence electrons. The second-order valence-corrected chi connectivity index (χ2v) is 12.1. The lowest BCUT2D eigenvalue weighted by Gasteiger charge is -2.27. The highest BCUT2D eigenvalue weighted by Gasteiger charge is 2.54. The Morgan fingerprint density at radius 2 is 2.00 bits per heavy atom. The molecule has 1 N–H and O–H groups in total. The zero-order valence-corrected chi connectivity index (χ0v) is 21.8. The topological polar surface area (TPSA) is 79.6 Å². The van der Waals surface area contributed by atoms with Crippen molar-refractivity contribution in [3.63, 3.8) is 0 Å². The molecule has 0 unspecified atom stereocenters. The van der Waals surface area contributed by atoms with Gasteiger partial charge in [-0.05, 0) is 51.5 Å². The number of piperidine rings is 1. The number of carbonyl (C=O) groups is 2. The molecule has 35 heavy (non-hydrogen) atoms. The maximum absolute atomic E-state index is 13.8. The van der Waals surface area contributed by atoms with Gasteiger partial charge in [-0.2, -0.15) is 0 Å². The van der Waals surface area contributed by atoms with E-state index in [1.165, 1.54) is 0 Å². The number of likely N-dealkylation sites (tertiary alicyclic amines) is 1. The van der Waals surface area contributed by atoms with Crippen LogP contribution in [0.2, 0.25) is 0 Å². The first-order valence-electron chi connectivity index (χ1n) is 11.9. The van der Waals surface area contributed by atoms with Crippen LogP contribution in [0.5, 0.6) is 0 Å². The minimum Gasteiger partial charge on any atom is -0.349 e. The summed E-state index contributed by atoms with van der Waals surface area (Å²) < 4.78 is 1.92. The lowest BCUT2D eigenvalue weighted by molar-refractivity contribution is 0.0690. The molecule has 6 rings (SSSR count). The molecule has 1 aliphatic carbocycles. The van der Waals surface area contributed by atoms with Gasteiger partial charge in [-0.3, -0.25) is 14.0 Å². The van der Waals surface area contributed by atoms with E-state index in [9.17, 15) is 9.59 Å². The lowest BCUT2D eigenvalue weighted by atomic mass is 10.1. The van der Waals surface area contributed by atoms with Gasteiger partial charge >= 0.3 is 0 Å². The smallest absolute Gasteiger partial charge is 0.274 e. The van der Waals surface area contributed by atoms with Crippen molar-refractivity contribution in [2.24, 2.45) is 11.8 Å². The number of thiazole rings is 2. The van der Waals surface area contributed by atoms with Gasteiger partial charge < -0.3 is 10.2 Å². The summed E-state index contributed by atoms with van der Waals surface area (Å²) in [6.45, 7) is 9.21. The molecule has 0 bridgehead atoms. The van der Waals surface area contributed by atoms with Gasteiger partial charge in [-0.1, -0.05) is 29.8 Å². The number of nitrogens with one attached hydrogen (secondary N) is 1. The number of aromatic nitrogens is 3. The van der Waals surface area contributed by atoms with Crippen molar-refractivity contribution >= 4 is 39.4 Å². The Morgan fingerprint density at radius 1 is 1.17 bits per heavy atom. The lowest BCUT2D eigenvalue weighted by Crippen LogP contribution is -2.46. The standard InChI is InChI=1S/C26H27N5O2S2/c1-13-6-5-7-17(8-13)23-22(29-16(4)35-23)25(33)30-12-18-9-19(18)20(30)10-27-24(32)21-11-28-26-31(21)14(2)15(3)34-26/h5-8,11,18-20H,9-10,12H2,1-4H3,(H,27,32)/t18-,19-,20-/m1/s1. The summed E-state index contributed by atoms with van der Waals surface area (Å²) in [6.07, 6.45) is 2.75. The van der Waals surface area contributed by atoms with E-state index in [4.69, 9.17) is 0 Å². The predicted molar refractivity (Wildman–Crippen MR) is 138 cm³/mol. The van der Waals surface area contributed by atoms with Crippen molar-refractivity contribution in [1.29, 1.82) is 0 Å². The Labute approximate surface area is 211 Å². The second kappa shape index (κ2) is 8.27. The average Bonchev–Trinajstić information content (AvgIpc) is 3.12. The van der Waals surface area contributed by atoms with E-state index < -0.39 is 0 Å². The first-order valence-corrected chi connectivity index (χ1v) is 13.5. The summed E-state index contributed by atoms with van der Waals surface area (Å²) in [5, 5.41) is 3.98. The van der Waals surface area contributed by atoms with Crippen molar-refractivity contribution in [1.82, 2.24) is 24.6 Å². The zero-order valence-electron chi connectivity index (χ0n) is 20.2. The van der Waals surface area contributed by atoms with E-state index in [0.29, 0.717) is 29.8 Å². The maximum Gasteiger partial charge on any atom is 0.274 e. The summed E-state index contributed by atoms with van der Waals surface area (Å²) in [5.41, 5.74) is 4.29. The van der Waals surface area contributed by atoms with Gasteiger partial charge in [0.1, 0.15) is 11.4 Å². The number of carbonyl (C=O) groups excluding carboxylic acids is 2. The minimum atomic E-state index is -0.153. The van der Waals surface area contributed by atoms with Crippen molar-refractivity contribution in [2.45, 2.75) is 40.2 Å². The fourth-order valence-electron chi connectivity index (χ4n) is 5.30. The van der Waals surface area contributed by atoms with Crippen molar-refractivity contribution in [3.05, 3.63) is 63.0 Å². The number of rotatable bonds is 5. The van der Waals surface area contributed by atoms with Gasteiger partial charge in [-0.15, -0.1) is 22.7 Å². The molecule has 1 aromatic carbocycles. The molecule has 4 heterocycles. The van der Waals surface area contributed by atoms with E-state index in [-0.39, 0.29) is 17.9 Å². The van der Waals surface area contributed by atoms with Gasteiger partial charge in [0.2, 0.25) is 0 Å². The number of amides is 2. The molecule has 1 saturated heterocycles. The summed E-state index contributed by atoms with van der Waals surface area (Å²) in [4.78, 5) is 40.7. The number of hydrogen-bond donors (Lipinski definition) is 1. The monoisotopic (exact) mass is 505 g/mol. The number of benzene rings is 1. The Kier molecular flexibility index (Phi) is 5.30. The SMILES string of the molecule is Cc1cccc(-c2sc(C)nc2C(=O)N2C[C@H]3C[C@H]3[C@H]2CNC(=O)c2cnc3sc(C)c(C)n23)c1. The van der Waals surface area contributed by atoms with Crippen LogP contribution >= 0.6 is 22.7 Å². The third-order valence-corrected chi connectivity index (χ3v) is 9.40. The van der Waals surface area contributed by atoms with Crippen LogP contribution in [0.3, 0.4) is 0 Å². The van der Waals surface area contributed by atoms with E-state index in [1.54, 1.807) is 28.9 Å². The number of imidazole rings is 1. The van der Waals surface area contributed by atoms with E-state index in [0.717, 1.165) is 49.5 Å². The summed E-state index contributed by atoms with van der Waals surface area (Å²) in [6, 6.07) is 8.19. The highest BCUT2D eigenvalue weighted by atomic mass is 32.1. The summed E-state index contributed by atoms with van der Waals surface area (Å²) in [5.74, 6) is 0.775. The van der Waals surface area contributed by atoms with Crippen molar-refractivity contribution in [2.75, 3.05) is 13.1 Å². The normalized spacial score (nSPS) is 20.9. The summed E-state index contributed by atoms with van der Waals surface area (Å²) >= 11 is 3.15. The number of nitrogens with zero attached hydrogens (tertiary/aromatic N) is 4. The first kappa shape index (κ1) is 22.4. The Hall–Kier alpha value is -3.04. The molecule has 2 fully saturated rings. The second-order valence-electron chi connectivity index (χ2n) is 9.68. The Balaban J connectivity index is 1.23. The Bertz CT molecular complexity index is 1480. The number of aryl methyl sites for hydroxylation is 4. The molecule has 0 radical (unpaired) electrons. The minimum absolute atomic E-state index is 0.0162. The molecule has 1 saturated carbocycles. The molecule has 3 aromatic heterocycles. The average molecular weight is 506 g/mol. The third kappa shape index (κ3) is 3.77. The molecule has 7 nitrogen and oxygen atoms in total. The molecule has 2 aliphatic rings. The molecular weight excluding hydrogens is 478 g/mol. The Morgan fingerprint density at radius 3 is 2.80 bits per heavy atom. The third-order valence-electron chi connectivity index (χ3n) is 7.30. The highest BCUT2D eigenvalue weighted by Crippen LogP contribution is 2.50. The van der Waals surface area contributed by atoms with Crippen LogP contribution in [0.15, 0.2) is 30.5 Å². The van der Waals surface area contributed by atoms with Crippen LogP contribution in [0.1, 0.15) is 48.5 Å². The molecule has 1 aliphatic heterocycles. The first-order chi connectivity index (χ1) is 16.8. The predicted octanol–water partition coefficient (Wildman–Crippen LogP) is 4.64. The van der Waals surface area contributed by atoms with Crippen LogP contribution in [-0.4, -0.2) is 50.2 Å². The molecular formula is C26H27N5O2S2. The zero-order chi connectivity index (χ0) is 24.4. The van der Waals surface area contributed by atoms with Crippen LogP contribution in [-0.2, 0) is 0 Å². The maximum atomic E-state index is 13.8. The van der Waals surface area contributed by atoms with Crippen molar-refractivity contribution in [3.8, 4) is 10.4 Å². The van der Waals surface area contributed by atoms with Gasteiger partial charge in [-0.25, -0.2) is 9.97 Å². The van der Waals surface area contributed by atoms with E-state index in [2.05, 4.69) is 34.3 Å². The van der Waals surface area contributed by atoms with Gasteiger partial charge in [0, 0.05) is 23.7 Å². The van der Waals surface area contributed by atoms with Crippen LogP contribution in [0.25, 0.3) is 15.4 Å². The highest BCUT2D eigenvalue weighted by molar-refractivity contribution is 7.17. The molecule has 9 heteroatoms. The summed E-state index contributed by atoms with van der Waals surface area (Å²) in [7, 11) is 0. The molecule has 4 aromatic rings. The van der Waals surface area contributed by atoms with Crippen LogP contribution in [0.4, 0.5) is 0 Å². The van der Waals surface area contributed by atoms with E-state index >= 15 is 0 Å². The quantitative estimate of drug-likeness (QED) is 0.428. The van der Waals surface area contributed by atoms with Gasteiger partial charge in [0.25, 0.3) is 11.8 Å². The fourth-order valence-corrected chi connectivity index (χ4v) is 7.16.